The van der Waals surface area contributed by atoms with Gasteiger partial charge in [-0.05, 0) is 13.0 Å². The zero-order valence-electron chi connectivity index (χ0n) is 8.94. The Labute approximate surface area is 91.4 Å². The number of benzene rings is 1. The molecular formula is C12H10O4. The quantitative estimate of drug-likeness (QED) is 0.571. The highest BCUT2D eigenvalue weighted by Gasteiger charge is 2.17. The van der Waals surface area contributed by atoms with Gasteiger partial charge in [-0.25, -0.2) is 4.79 Å². The second kappa shape index (κ2) is 3.81. The molecule has 0 aliphatic carbocycles. The first kappa shape index (κ1) is 10.4. The van der Waals surface area contributed by atoms with Gasteiger partial charge in [-0.15, -0.1) is 0 Å². The van der Waals surface area contributed by atoms with Crippen LogP contribution in [0.25, 0.3) is 11.0 Å². The number of ether oxygens (including phenoxy) is 1. The van der Waals surface area contributed by atoms with Gasteiger partial charge < -0.3 is 9.15 Å². The lowest BCUT2D eigenvalue weighted by Gasteiger charge is -2.06. The van der Waals surface area contributed by atoms with Gasteiger partial charge in [-0.2, -0.15) is 0 Å². The van der Waals surface area contributed by atoms with Crippen LogP contribution in [-0.2, 0) is 0 Å². The second-order valence-corrected chi connectivity index (χ2v) is 3.35. The molecule has 0 unspecified atom stereocenters. The fourth-order valence-corrected chi connectivity index (χ4v) is 1.67. The highest BCUT2D eigenvalue weighted by Crippen LogP contribution is 2.24. The molecule has 0 radical (unpaired) electrons. The molecule has 1 aromatic heterocycles. The summed E-state index contributed by atoms with van der Waals surface area (Å²) in [5, 5.41) is 0.589. The normalized spacial score (nSPS) is 10.4. The van der Waals surface area contributed by atoms with Crippen molar-refractivity contribution in [2.24, 2.45) is 0 Å². The molecule has 2 aromatic rings. The van der Waals surface area contributed by atoms with Crippen LogP contribution < -0.4 is 10.4 Å². The van der Waals surface area contributed by atoms with E-state index in [1.165, 1.54) is 14.0 Å². The minimum atomic E-state index is -0.633. The summed E-state index contributed by atoms with van der Waals surface area (Å²) in [6.45, 7) is 1.39. The molecule has 0 saturated heterocycles. The second-order valence-electron chi connectivity index (χ2n) is 3.35. The summed E-state index contributed by atoms with van der Waals surface area (Å²) < 4.78 is 9.96. The van der Waals surface area contributed by atoms with E-state index in [9.17, 15) is 9.59 Å². The first-order valence-corrected chi connectivity index (χ1v) is 4.76. The van der Waals surface area contributed by atoms with Crippen molar-refractivity contribution < 1.29 is 13.9 Å². The Kier molecular flexibility index (Phi) is 2.48. The summed E-state index contributed by atoms with van der Waals surface area (Å²) >= 11 is 0. The molecule has 1 heterocycles. The third kappa shape index (κ3) is 1.48. The first-order chi connectivity index (χ1) is 7.65. The zero-order valence-corrected chi connectivity index (χ0v) is 8.94. The molecule has 0 aliphatic heterocycles. The molecule has 0 bridgehead atoms. The van der Waals surface area contributed by atoms with Crippen LogP contribution in [0.1, 0.15) is 17.3 Å². The van der Waals surface area contributed by atoms with E-state index in [2.05, 4.69) is 0 Å². The highest BCUT2D eigenvalue weighted by molar-refractivity contribution is 6.07. The number of Topliss-reactive ketones (excluding diaryl/α,β-unsaturated/α-hetero) is 1. The van der Waals surface area contributed by atoms with Crippen LogP contribution in [0.4, 0.5) is 0 Å². The number of carbonyl (C=O) groups is 1. The molecule has 0 atom stereocenters. The van der Waals surface area contributed by atoms with E-state index in [-0.39, 0.29) is 17.1 Å². The molecule has 0 spiro atoms. The lowest BCUT2D eigenvalue weighted by Crippen LogP contribution is -2.10. The van der Waals surface area contributed by atoms with Gasteiger partial charge in [-0.3, -0.25) is 4.79 Å². The van der Waals surface area contributed by atoms with Gasteiger partial charge in [0.1, 0.15) is 5.58 Å². The van der Waals surface area contributed by atoms with Crippen LogP contribution in [0.3, 0.4) is 0 Å². The molecule has 0 saturated carbocycles. The minimum Gasteiger partial charge on any atom is -0.489 e. The maximum atomic E-state index is 11.5. The summed E-state index contributed by atoms with van der Waals surface area (Å²) in [5.74, 6) is -0.257. The van der Waals surface area contributed by atoms with Crippen molar-refractivity contribution in [3.63, 3.8) is 0 Å². The van der Waals surface area contributed by atoms with E-state index in [0.29, 0.717) is 11.0 Å². The van der Waals surface area contributed by atoms with Crippen LogP contribution in [0, 0.1) is 0 Å². The number of methoxy groups -OCH3 is 1. The predicted octanol–water partition coefficient (Wildman–Crippen LogP) is 2.00. The average Bonchev–Trinajstić information content (AvgIpc) is 2.26. The number of carbonyl (C=O) groups excluding carboxylic acids is 1. The van der Waals surface area contributed by atoms with Gasteiger partial charge in [0.2, 0.25) is 5.75 Å². The first-order valence-electron chi connectivity index (χ1n) is 4.76. The number of para-hydroxylation sites is 1. The van der Waals surface area contributed by atoms with Crippen molar-refractivity contribution in [1.82, 2.24) is 0 Å². The molecule has 16 heavy (non-hydrogen) atoms. The third-order valence-electron chi connectivity index (χ3n) is 2.33. The van der Waals surface area contributed by atoms with E-state index in [1.807, 2.05) is 0 Å². The summed E-state index contributed by atoms with van der Waals surface area (Å²) in [5.41, 5.74) is 0.0271. The molecule has 1 aromatic carbocycles. The number of rotatable bonds is 2. The van der Waals surface area contributed by atoms with E-state index in [4.69, 9.17) is 9.15 Å². The fraction of sp³-hybridized carbons (Fsp3) is 0.167. The van der Waals surface area contributed by atoms with Crippen LogP contribution in [0.15, 0.2) is 33.5 Å². The Morgan fingerprint density at radius 3 is 2.62 bits per heavy atom. The van der Waals surface area contributed by atoms with Gasteiger partial charge >= 0.3 is 5.63 Å². The Bertz CT molecular complexity index is 610. The highest BCUT2D eigenvalue weighted by atomic mass is 16.5. The lowest BCUT2D eigenvalue weighted by molar-refractivity contribution is 0.101. The van der Waals surface area contributed by atoms with Crippen molar-refractivity contribution >= 4 is 16.8 Å². The number of hydrogen-bond acceptors (Lipinski definition) is 4. The summed E-state index contributed by atoms with van der Waals surface area (Å²) in [6.07, 6.45) is 0. The molecule has 0 N–H and O–H groups in total. The van der Waals surface area contributed by atoms with E-state index in [0.717, 1.165) is 0 Å². The predicted molar refractivity (Wildman–Crippen MR) is 59.0 cm³/mol. The molecule has 0 aliphatic rings. The van der Waals surface area contributed by atoms with Gasteiger partial charge in [0, 0.05) is 5.39 Å². The monoisotopic (exact) mass is 218 g/mol. The Morgan fingerprint density at radius 2 is 2.00 bits per heavy atom. The van der Waals surface area contributed by atoms with Crippen LogP contribution >= 0.6 is 0 Å². The van der Waals surface area contributed by atoms with E-state index >= 15 is 0 Å². The van der Waals surface area contributed by atoms with E-state index < -0.39 is 5.63 Å². The standard InChI is InChI=1S/C12H10O4/c1-7(13)10-8-5-3-4-6-9(8)16-12(14)11(10)15-2/h3-6H,1-2H3. The SMILES string of the molecule is COc1c(C(C)=O)c2ccccc2oc1=O. The Balaban J connectivity index is 2.99. The van der Waals surface area contributed by atoms with Gasteiger partial charge in [0.15, 0.2) is 5.78 Å². The van der Waals surface area contributed by atoms with Crippen LogP contribution in [-0.4, -0.2) is 12.9 Å². The average molecular weight is 218 g/mol. The summed E-state index contributed by atoms with van der Waals surface area (Å²) in [4.78, 5) is 23.1. The zero-order chi connectivity index (χ0) is 11.7. The Morgan fingerprint density at radius 1 is 1.31 bits per heavy atom. The molecule has 0 amide bonds. The lowest BCUT2D eigenvalue weighted by atomic mass is 10.1. The maximum Gasteiger partial charge on any atom is 0.379 e. The molecular weight excluding hydrogens is 208 g/mol. The molecule has 4 heteroatoms. The number of ketones is 1. The topological polar surface area (TPSA) is 56.5 Å². The van der Waals surface area contributed by atoms with Crippen molar-refractivity contribution in [2.75, 3.05) is 7.11 Å². The van der Waals surface area contributed by atoms with Crippen molar-refractivity contribution in [3.8, 4) is 5.75 Å². The van der Waals surface area contributed by atoms with Crippen molar-refractivity contribution in [3.05, 3.63) is 40.2 Å². The van der Waals surface area contributed by atoms with Crippen molar-refractivity contribution in [2.45, 2.75) is 6.92 Å². The third-order valence-corrected chi connectivity index (χ3v) is 2.33. The van der Waals surface area contributed by atoms with Crippen LogP contribution in [0.5, 0.6) is 5.75 Å². The van der Waals surface area contributed by atoms with Gasteiger partial charge in [-0.1, -0.05) is 18.2 Å². The smallest absolute Gasteiger partial charge is 0.379 e. The number of fused-ring (bicyclic) bond motifs is 1. The van der Waals surface area contributed by atoms with Crippen LogP contribution in [0.2, 0.25) is 0 Å². The summed E-state index contributed by atoms with van der Waals surface area (Å²) in [7, 11) is 1.34. The molecule has 0 fully saturated rings. The Hall–Kier alpha value is -2.10. The van der Waals surface area contributed by atoms with Gasteiger partial charge in [0.25, 0.3) is 0 Å². The molecule has 2 rings (SSSR count). The molecule has 4 nitrogen and oxygen atoms in total. The van der Waals surface area contributed by atoms with E-state index in [1.54, 1.807) is 24.3 Å². The van der Waals surface area contributed by atoms with Crippen molar-refractivity contribution in [1.29, 1.82) is 0 Å². The largest absolute Gasteiger partial charge is 0.489 e. The maximum absolute atomic E-state index is 11.5. The fourth-order valence-electron chi connectivity index (χ4n) is 1.67. The van der Waals surface area contributed by atoms with Gasteiger partial charge in [0.05, 0.1) is 12.7 Å². The minimum absolute atomic E-state index is 0.0359. The summed E-state index contributed by atoms with van der Waals surface area (Å²) in [6, 6.07) is 6.87. The molecule has 82 valence electrons. The number of hydrogen-bond donors (Lipinski definition) is 0.